The minimum atomic E-state index is 1.09. The van der Waals surface area contributed by atoms with Crippen molar-refractivity contribution in [3.05, 3.63) is 207 Å². The lowest BCUT2D eigenvalue weighted by atomic mass is 9.85. The van der Waals surface area contributed by atoms with Crippen LogP contribution in [0.3, 0.4) is 0 Å². The molecule has 10 rings (SSSR count). The van der Waals surface area contributed by atoms with Gasteiger partial charge in [-0.2, -0.15) is 0 Å². The van der Waals surface area contributed by atoms with Crippen molar-refractivity contribution in [2.75, 3.05) is 9.80 Å². The molecule has 254 valence electrons. The monoisotopic (exact) mass is 690 g/mol. The summed E-state index contributed by atoms with van der Waals surface area (Å²) in [5, 5.41) is 7.20. The highest BCUT2D eigenvalue weighted by molar-refractivity contribution is 6.32. The van der Waals surface area contributed by atoms with Crippen molar-refractivity contribution in [3.63, 3.8) is 0 Å². The Morgan fingerprint density at radius 3 is 0.907 bits per heavy atom. The molecule has 0 aliphatic rings. The van der Waals surface area contributed by atoms with Gasteiger partial charge in [0, 0.05) is 69.1 Å². The lowest BCUT2D eigenvalue weighted by molar-refractivity contribution is 1.29. The van der Waals surface area contributed by atoms with E-state index in [4.69, 9.17) is 0 Å². The summed E-state index contributed by atoms with van der Waals surface area (Å²) in [7, 11) is 0. The first-order chi connectivity index (χ1) is 26.8. The Balaban J connectivity index is 1.39. The number of nitrogens with zero attached hydrogens (tertiary/aromatic N) is 4. The topological polar surface area (TPSA) is 32.3 Å². The second-order valence-corrected chi connectivity index (χ2v) is 13.4. The first-order valence-corrected chi connectivity index (χ1v) is 18.2. The number of aromatic nitrogens is 2. The van der Waals surface area contributed by atoms with Gasteiger partial charge in [0.1, 0.15) is 0 Å². The molecule has 4 nitrogen and oxygen atoms in total. The van der Waals surface area contributed by atoms with Crippen molar-refractivity contribution < 1.29 is 0 Å². The second-order valence-electron chi connectivity index (χ2n) is 13.4. The van der Waals surface area contributed by atoms with E-state index in [2.05, 4.69) is 202 Å². The van der Waals surface area contributed by atoms with Crippen molar-refractivity contribution in [2.24, 2.45) is 0 Å². The number of pyridine rings is 2. The summed E-state index contributed by atoms with van der Waals surface area (Å²) in [6.07, 6.45) is 7.54. The van der Waals surface area contributed by atoms with E-state index in [1.807, 2.05) is 24.8 Å². The molecule has 0 aliphatic heterocycles. The molecule has 10 aromatic rings. The molecule has 0 bridgehead atoms. The summed E-state index contributed by atoms with van der Waals surface area (Å²) in [5.74, 6) is 0. The highest BCUT2D eigenvalue weighted by Gasteiger charge is 2.25. The highest BCUT2D eigenvalue weighted by Crippen LogP contribution is 2.51. The van der Waals surface area contributed by atoms with E-state index >= 15 is 0 Å². The van der Waals surface area contributed by atoms with Crippen LogP contribution in [0.25, 0.3) is 54.6 Å². The van der Waals surface area contributed by atoms with Gasteiger partial charge in [0.2, 0.25) is 0 Å². The number of hydrogen-bond donors (Lipinski definition) is 0. The maximum absolute atomic E-state index is 4.40. The third-order valence-electron chi connectivity index (χ3n) is 10.4. The average Bonchev–Trinajstić information content (AvgIpc) is 3.25. The second kappa shape index (κ2) is 13.4. The van der Waals surface area contributed by atoms with E-state index in [0.29, 0.717) is 0 Å². The predicted molar refractivity (Wildman–Crippen MR) is 226 cm³/mol. The SMILES string of the molecule is c1ccc(N(c2ccccc2)c2cc(-c3ccncc3)c3ccc4c(N(c5ccccc5)c5ccccc5)cc(-c5ccncc5)c5ccc2c3c54)cc1. The van der Waals surface area contributed by atoms with Crippen LogP contribution in [-0.4, -0.2) is 9.97 Å². The summed E-state index contributed by atoms with van der Waals surface area (Å²) < 4.78 is 0. The molecule has 0 N–H and O–H groups in total. The first-order valence-electron chi connectivity index (χ1n) is 18.2. The molecule has 2 heterocycles. The van der Waals surface area contributed by atoms with Gasteiger partial charge in [0.05, 0.1) is 11.4 Å². The van der Waals surface area contributed by atoms with Gasteiger partial charge in [-0.25, -0.2) is 0 Å². The van der Waals surface area contributed by atoms with E-state index in [-0.39, 0.29) is 0 Å². The Morgan fingerprint density at radius 1 is 0.296 bits per heavy atom. The number of anilines is 6. The van der Waals surface area contributed by atoms with Crippen LogP contribution in [0.2, 0.25) is 0 Å². The van der Waals surface area contributed by atoms with Crippen LogP contribution in [0.15, 0.2) is 207 Å². The minimum Gasteiger partial charge on any atom is -0.310 e. The predicted octanol–water partition coefficient (Wildman–Crippen LogP) is 13.6. The molecule has 0 saturated heterocycles. The van der Waals surface area contributed by atoms with Crippen LogP contribution >= 0.6 is 0 Å². The Labute approximate surface area is 314 Å². The van der Waals surface area contributed by atoms with Gasteiger partial charge < -0.3 is 9.80 Å². The minimum absolute atomic E-state index is 1.09. The maximum atomic E-state index is 4.40. The Bertz CT molecular complexity index is 2570. The zero-order chi connectivity index (χ0) is 35.8. The van der Waals surface area contributed by atoms with Gasteiger partial charge in [0.25, 0.3) is 0 Å². The lowest BCUT2D eigenvalue weighted by Gasteiger charge is -2.31. The maximum Gasteiger partial charge on any atom is 0.0546 e. The first kappa shape index (κ1) is 31.4. The third-order valence-corrected chi connectivity index (χ3v) is 10.4. The van der Waals surface area contributed by atoms with Crippen LogP contribution in [-0.2, 0) is 0 Å². The summed E-state index contributed by atoms with van der Waals surface area (Å²) in [4.78, 5) is 13.6. The number of rotatable bonds is 8. The van der Waals surface area contributed by atoms with Crippen molar-refractivity contribution >= 4 is 66.4 Å². The molecular weight excluding hydrogens is 657 g/mol. The Hall–Kier alpha value is -7.30. The van der Waals surface area contributed by atoms with Gasteiger partial charge in [-0.15, -0.1) is 0 Å². The molecule has 0 aliphatic carbocycles. The van der Waals surface area contributed by atoms with E-state index in [9.17, 15) is 0 Å². The molecule has 2 aromatic heterocycles. The van der Waals surface area contributed by atoms with Crippen molar-refractivity contribution in [2.45, 2.75) is 0 Å². The summed E-state index contributed by atoms with van der Waals surface area (Å²) >= 11 is 0. The molecule has 0 saturated carbocycles. The van der Waals surface area contributed by atoms with Crippen LogP contribution in [0.4, 0.5) is 34.1 Å². The highest BCUT2D eigenvalue weighted by atomic mass is 15.1. The van der Waals surface area contributed by atoms with Crippen LogP contribution in [0.5, 0.6) is 0 Å². The molecular formula is C50H34N4. The molecule has 0 spiro atoms. The van der Waals surface area contributed by atoms with E-state index < -0.39 is 0 Å². The fourth-order valence-corrected chi connectivity index (χ4v) is 8.03. The zero-order valence-corrected chi connectivity index (χ0v) is 29.4. The number of benzene rings is 8. The molecule has 0 amide bonds. The third kappa shape index (κ3) is 5.32. The standard InChI is InChI=1S/C50H34N4/c1-5-13-37(14-6-1)53(38-15-7-2-8-16-38)47-33-45(35-25-29-51-30-26-35)41-22-24-44-48(54(39-17-9-3-10-18-39)40-19-11-4-12-20-40)34-46(36-27-31-52-32-28-36)42-21-23-43(47)49(41)50(42)44/h1-34H. The lowest BCUT2D eigenvalue weighted by Crippen LogP contribution is -2.12. The van der Waals surface area contributed by atoms with Crippen LogP contribution < -0.4 is 9.80 Å². The molecule has 0 radical (unpaired) electrons. The van der Waals surface area contributed by atoms with Crippen molar-refractivity contribution in [1.29, 1.82) is 0 Å². The smallest absolute Gasteiger partial charge is 0.0546 e. The normalized spacial score (nSPS) is 11.3. The Kier molecular flexibility index (Phi) is 7.77. The van der Waals surface area contributed by atoms with Gasteiger partial charge >= 0.3 is 0 Å². The quantitative estimate of drug-likeness (QED) is 0.149. The van der Waals surface area contributed by atoms with Gasteiger partial charge in [-0.1, -0.05) is 97.1 Å². The number of hydrogen-bond acceptors (Lipinski definition) is 4. The Morgan fingerprint density at radius 2 is 0.593 bits per heavy atom. The van der Waals surface area contributed by atoms with Crippen molar-refractivity contribution in [3.8, 4) is 22.3 Å². The molecule has 0 fully saturated rings. The van der Waals surface area contributed by atoms with Crippen LogP contribution in [0.1, 0.15) is 0 Å². The van der Waals surface area contributed by atoms with E-state index in [1.54, 1.807) is 0 Å². The van der Waals surface area contributed by atoms with Gasteiger partial charge in [-0.3, -0.25) is 9.97 Å². The molecule has 54 heavy (non-hydrogen) atoms. The number of para-hydroxylation sites is 4. The van der Waals surface area contributed by atoms with Gasteiger partial charge in [0.15, 0.2) is 0 Å². The van der Waals surface area contributed by atoms with Gasteiger partial charge in [-0.05, 0) is 118 Å². The largest absolute Gasteiger partial charge is 0.310 e. The molecule has 0 atom stereocenters. The summed E-state index contributed by atoms with van der Waals surface area (Å²) in [6.45, 7) is 0. The molecule has 4 heteroatoms. The summed E-state index contributed by atoms with van der Waals surface area (Å²) in [6, 6.07) is 65.2. The fraction of sp³-hybridized carbons (Fsp3) is 0. The van der Waals surface area contributed by atoms with Crippen LogP contribution in [0, 0.1) is 0 Å². The summed E-state index contributed by atoms with van der Waals surface area (Å²) in [5.41, 5.74) is 11.2. The average molecular weight is 691 g/mol. The van der Waals surface area contributed by atoms with E-state index in [1.165, 1.54) is 32.3 Å². The van der Waals surface area contributed by atoms with E-state index in [0.717, 1.165) is 56.4 Å². The zero-order valence-electron chi connectivity index (χ0n) is 29.4. The molecule has 8 aromatic carbocycles. The van der Waals surface area contributed by atoms with Crippen molar-refractivity contribution in [1.82, 2.24) is 9.97 Å². The molecule has 0 unspecified atom stereocenters. The fourth-order valence-electron chi connectivity index (χ4n) is 8.03.